The van der Waals surface area contributed by atoms with Gasteiger partial charge in [0.25, 0.3) is 0 Å². The van der Waals surface area contributed by atoms with Gasteiger partial charge in [-0.05, 0) is 42.7 Å². The third kappa shape index (κ3) is 4.14. The maximum atomic E-state index is 13.6. The van der Waals surface area contributed by atoms with Gasteiger partial charge in [0.05, 0.1) is 17.6 Å². The Kier molecular flexibility index (Phi) is 6.22. The largest absolute Gasteiger partial charge is 0.356 e. The van der Waals surface area contributed by atoms with Crippen molar-refractivity contribution in [1.29, 1.82) is 0 Å². The maximum Gasteiger partial charge on any atom is 0.191 e. The number of para-hydroxylation sites is 2. The van der Waals surface area contributed by atoms with Crippen molar-refractivity contribution in [3.05, 3.63) is 65.7 Å². The number of fused-ring (bicyclic) bond motifs is 1. The highest BCUT2D eigenvalue weighted by Crippen LogP contribution is 2.47. The first-order valence-electron chi connectivity index (χ1n) is 9.22. The third-order valence-electron chi connectivity index (χ3n) is 5.40. The van der Waals surface area contributed by atoms with Crippen molar-refractivity contribution in [3.8, 4) is 0 Å². The standard InChI is InChI=1S/C21H24FN5.HI/c1-23-20(24-13-19-26-17-8-3-4-9-18(17)27(19)2)25-14-21(10-11-21)15-6-5-7-16(22)12-15;/h3-9,12H,10-11,13-14H2,1-2H3,(H2,23,24,25);1H. The van der Waals surface area contributed by atoms with E-state index in [4.69, 9.17) is 0 Å². The second-order valence-corrected chi connectivity index (χ2v) is 7.15. The number of imidazole rings is 1. The van der Waals surface area contributed by atoms with E-state index in [0.717, 1.165) is 47.8 Å². The zero-order valence-corrected chi connectivity index (χ0v) is 18.4. The van der Waals surface area contributed by atoms with Crippen LogP contribution in [0, 0.1) is 5.82 Å². The summed E-state index contributed by atoms with van der Waals surface area (Å²) in [5.41, 5.74) is 3.17. The summed E-state index contributed by atoms with van der Waals surface area (Å²) in [5.74, 6) is 1.50. The Labute approximate surface area is 181 Å². The molecule has 4 rings (SSSR count). The zero-order chi connectivity index (χ0) is 18.9. The van der Waals surface area contributed by atoms with Gasteiger partial charge in [-0.3, -0.25) is 4.99 Å². The van der Waals surface area contributed by atoms with Gasteiger partial charge in [-0.25, -0.2) is 9.37 Å². The maximum absolute atomic E-state index is 13.6. The molecule has 1 fully saturated rings. The van der Waals surface area contributed by atoms with E-state index in [1.165, 1.54) is 6.07 Å². The van der Waals surface area contributed by atoms with E-state index in [0.29, 0.717) is 6.54 Å². The van der Waals surface area contributed by atoms with Gasteiger partial charge < -0.3 is 15.2 Å². The van der Waals surface area contributed by atoms with E-state index in [-0.39, 0.29) is 35.2 Å². The Hall–Kier alpha value is -2.16. The fourth-order valence-corrected chi connectivity index (χ4v) is 3.53. The fraction of sp³-hybridized carbons (Fsp3) is 0.333. The minimum absolute atomic E-state index is 0. The molecule has 1 aliphatic carbocycles. The zero-order valence-electron chi connectivity index (χ0n) is 16.1. The van der Waals surface area contributed by atoms with Crippen LogP contribution in [0.5, 0.6) is 0 Å². The lowest BCUT2D eigenvalue weighted by atomic mass is 9.96. The number of aryl methyl sites for hydroxylation is 1. The molecule has 1 aliphatic rings. The van der Waals surface area contributed by atoms with Gasteiger partial charge in [-0.2, -0.15) is 0 Å². The number of nitrogens with one attached hydrogen (secondary N) is 2. The Morgan fingerprint density at radius 2 is 1.96 bits per heavy atom. The smallest absolute Gasteiger partial charge is 0.191 e. The molecular formula is C21H25FIN5. The van der Waals surface area contributed by atoms with Gasteiger partial charge in [-0.1, -0.05) is 24.3 Å². The van der Waals surface area contributed by atoms with Gasteiger partial charge >= 0.3 is 0 Å². The molecule has 0 saturated heterocycles. The summed E-state index contributed by atoms with van der Waals surface area (Å²) in [6.07, 6.45) is 2.12. The van der Waals surface area contributed by atoms with Crippen LogP contribution in [0.1, 0.15) is 24.2 Å². The van der Waals surface area contributed by atoms with Crippen molar-refractivity contribution < 1.29 is 4.39 Å². The summed E-state index contributed by atoms with van der Waals surface area (Å²) >= 11 is 0. The van der Waals surface area contributed by atoms with Crippen molar-refractivity contribution in [2.75, 3.05) is 13.6 Å². The molecule has 28 heavy (non-hydrogen) atoms. The van der Waals surface area contributed by atoms with E-state index in [2.05, 4.69) is 31.2 Å². The van der Waals surface area contributed by atoms with Crippen LogP contribution in [0.4, 0.5) is 4.39 Å². The van der Waals surface area contributed by atoms with Crippen molar-refractivity contribution in [1.82, 2.24) is 20.2 Å². The summed E-state index contributed by atoms with van der Waals surface area (Å²) in [6.45, 7) is 1.32. The van der Waals surface area contributed by atoms with Gasteiger partial charge in [0.2, 0.25) is 0 Å². The third-order valence-corrected chi connectivity index (χ3v) is 5.40. The molecule has 0 atom stereocenters. The second kappa shape index (κ2) is 8.46. The lowest BCUT2D eigenvalue weighted by molar-refractivity contribution is 0.606. The molecule has 7 heteroatoms. The first-order valence-corrected chi connectivity index (χ1v) is 9.22. The minimum Gasteiger partial charge on any atom is -0.356 e. The Bertz CT molecular complexity index is 993. The molecule has 2 N–H and O–H groups in total. The Balaban J connectivity index is 0.00000225. The predicted molar refractivity (Wildman–Crippen MR) is 122 cm³/mol. The quantitative estimate of drug-likeness (QED) is 0.324. The Morgan fingerprint density at radius 3 is 2.64 bits per heavy atom. The fourth-order valence-electron chi connectivity index (χ4n) is 3.53. The lowest BCUT2D eigenvalue weighted by Gasteiger charge is -2.19. The molecule has 0 bridgehead atoms. The minimum atomic E-state index is -0.178. The SMILES string of the molecule is CN=C(NCc1nc2ccccc2n1C)NCC1(c2cccc(F)c2)CC1.I. The number of hydrogen-bond donors (Lipinski definition) is 2. The number of nitrogens with zero attached hydrogens (tertiary/aromatic N) is 3. The number of hydrogen-bond acceptors (Lipinski definition) is 2. The lowest BCUT2D eigenvalue weighted by Crippen LogP contribution is -2.41. The molecule has 3 aromatic rings. The molecule has 1 heterocycles. The molecule has 148 valence electrons. The van der Waals surface area contributed by atoms with Gasteiger partial charge in [0.15, 0.2) is 5.96 Å². The summed E-state index contributed by atoms with van der Waals surface area (Å²) in [7, 11) is 3.78. The highest BCUT2D eigenvalue weighted by molar-refractivity contribution is 14.0. The monoisotopic (exact) mass is 493 g/mol. The molecule has 1 aromatic heterocycles. The predicted octanol–water partition coefficient (Wildman–Crippen LogP) is 3.73. The van der Waals surface area contributed by atoms with Gasteiger partial charge in [0, 0.05) is 26.1 Å². The van der Waals surface area contributed by atoms with Gasteiger partial charge in [-0.15, -0.1) is 24.0 Å². The molecular weight excluding hydrogens is 468 g/mol. The number of guanidine groups is 1. The molecule has 0 spiro atoms. The van der Waals surface area contributed by atoms with E-state index < -0.39 is 0 Å². The van der Waals surface area contributed by atoms with Crippen molar-refractivity contribution in [2.45, 2.75) is 24.8 Å². The van der Waals surface area contributed by atoms with Crippen molar-refractivity contribution in [3.63, 3.8) is 0 Å². The van der Waals surface area contributed by atoms with Crippen LogP contribution in [0.15, 0.2) is 53.5 Å². The summed E-state index contributed by atoms with van der Waals surface area (Å²) in [4.78, 5) is 8.99. The van der Waals surface area contributed by atoms with Crippen molar-refractivity contribution >= 4 is 41.0 Å². The molecule has 0 radical (unpaired) electrons. The van der Waals surface area contributed by atoms with Crippen LogP contribution in [0.2, 0.25) is 0 Å². The molecule has 0 aliphatic heterocycles. The first-order chi connectivity index (χ1) is 13.1. The van der Waals surface area contributed by atoms with E-state index >= 15 is 0 Å². The average molecular weight is 493 g/mol. The summed E-state index contributed by atoms with van der Waals surface area (Å²) in [6, 6.07) is 15.0. The topological polar surface area (TPSA) is 54.2 Å². The molecule has 1 saturated carbocycles. The normalized spacial score (nSPS) is 15.2. The molecule has 5 nitrogen and oxygen atoms in total. The number of aliphatic imine (C=N–C) groups is 1. The summed E-state index contributed by atoms with van der Waals surface area (Å²) < 4.78 is 15.6. The Morgan fingerprint density at radius 1 is 1.18 bits per heavy atom. The molecule has 0 unspecified atom stereocenters. The molecule has 2 aromatic carbocycles. The van der Waals surface area contributed by atoms with Crippen LogP contribution < -0.4 is 10.6 Å². The van der Waals surface area contributed by atoms with E-state index in [1.807, 2.05) is 31.3 Å². The second-order valence-electron chi connectivity index (χ2n) is 7.15. The van der Waals surface area contributed by atoms with Crippen molar-refractivity contribution in [2.24, 2.45) is 12.0 Å². The highest BCUT2D eigenvalue weighted by Gasteiger charge is 2.44. The number of halogens is 2. The number of aromatic nitrogens is 2. The van der Waals surface area contributed by atoms with Crippen LogP contribution in [0.25, 0.3) is 11.0 Å². The summed E-state index contributed by atoms with van der Waals surface area (Å²) in [5, 5.41) is 6.73. The van der Waals surface area contributed by atoms with E-state index in [1.54, 1.807) is 19.2 Å². The number of benzene rings is 2. The highest BCUT2D eigenvalue weighted by atomic mass is 127. The van der Waals surface area contributed by atoms with Crippen LogP contribution in [0.3, 0.4) is 0 Å². The average Bonchev–Trinajstić information content (AvgIpc) is 3.41. The van der Waals surface area contributed by atoms with Crippen LogP contribution in [-0.4, -0.2) is 29.1 Å². The van der Waals surface area contributed by atoms with Gasteiger partial charge in [0.1, 0.15) is 11.6 Å². The molecule has 0 amide bonds. The number of rotatable bonds is 5. The van der Waals surface area contributed by atoms with E-state index in [9.17, 15) is 4.39 Å². The van der Waals surface area contributed by atoms with Crippen LogP contribution >= 0.6 is 24.0 Å². The van der Waals surface area contributed by atoms with Crippen LogP contribution in [-0.2, 0) is 19.0 Å². The first kappa shape index (κ1) is 20.6.